The molecule has 2 saturated carbocycles. The third kappa shape index (κ3) is 4.66. The van der Waals surface area contributed by atoms with Gasteiger partial charge in [-0.25, -0.2) is 4.79 Å². The standard InChI is InChI=1S/C19H32N4O2/c24-18(20-10-14-3-4-14)16-2-1-8-23(13-16)19(25)21-11-15-7-9-22(12-15)17-5-6-17/h14-17H,1-13H2,(H,20,24)(H,21,25). The number of piperidine rings is 1. The first-order valence-electron chi connectivity index (χ1n) is 10.2. The van der Waals surface area contributed by atoms with Crippen molar-refractivity contribution in [1.82, 2.24) is 20.4 Å². The van der Waals surface area contributed by atoms with E-state index in [1.54, 1.807) is 0 Å². The van der Waals surface area contributed by atoms with Crippen molar-refractivity contribution < 1.29 is 9.59 Å². The van der Waals surface area contributed by atoms with Gasteiger partial charge in [-0.1, -0.05) is 0 Å². The number of rotatable bonds is 6. The minimum absolute atomic E-state index is 0.0181. The van der Waals surface area contributed by atoms with Gasteiger partial charge in [-0.15, -0.1) is 0 Å². The summed E-state index contributed by atoms with van der Waals surface area (Å²) in [4.78, 5) is 29.2. The number of carbonyl (C=O) groups is 2. The molecule has 2 aliphatic carbocycles. The van der Waals surface area contributed by atoms with Crippen molar-refractivity contribution in [3.05, 3.63) is 0 Å². The van der Waals surface area contributed by atoms with Gasteiger partial charge in [-0.05, 0) is 63.3 Å². The lowest BCUT2D eigenvalue weighted by Crippen LogP contribution is -2.49. The molecule has 0 spiro atoms. The van der Waals surface area contributed by atoms with Crippen molar-refractivity contribution in [2.45, 2.75) is 51.0 Å². The maximum absolute atomic E-state index is 12.5. The number of nitrogens with one attached hydrogen (secondary N) is 2. The van der Waals surface area contributed by atoms with Gasteiger partial charge in [0.2, 0.25) is 5.91 Å². The second-order valence-electron chi connectivity index (χ2n) is 8.54. The molecular weight excluding hydrogens is 316 g/mol. The minimum atomic E-state index is -0.0323. The Labute approximate surface area is 150 Å². The zero-order valence-corrected chi connectivity index (χ0v) is 15.2. The Hall–Kier alpha value is -1.30. The van der Waals surface area contributed by atoms with Gasteiger partial charge in [0, 0.05) is 38.8 Å². The molecule has 0 aromatic carbocycles. The molecule has 0 bridgehead atoms. The van der Waals surface area contributed by atoms with Crippen LogP contribution in [0.4, 0.5) is 4.79 Å². The summed E-state index contributed by atoms with van der Waals surface area (Å²) >= 11 is 0. The zero-order chi connectivity index (χ0) is 17.2. The van der Waals surface area contributed by atoms with Crippen molar-refractivity contribution in [2.75, 3.05) is 39.3 Å². The normalized spacial score (nSPS) is 30.3. The van der Waals surface area contributed by atoms with Crippen LogP contribution in [0.3, 0.4) is 0 Å². The Bertz CT molecular complexity index is 504. The molecule has 25 heavy (non-hydrogen) atoms. The number of likely N-dealkylation sites (tertiary alicyclic amines) is 2. The summed E-state index contributed by atoms with van der Waals surface area (Å²) < 4.78 is 0. The highest BCUT2D eigenvalue weighted by Crippen LogP contribution is 2.31. The van der Waals surface area contributed by atoms with E-state index in [-0.39, 0.29) is 17.9 Å². The number of hydrogen-bond donors (Lipinski definition) is 2. The summed E-state index contributed by atoms with van der Waals surface area (Å²) in [5, 5.41) is 6.19. The highest BCUT2D eigenvalue weighted by atomic mass is 16.2. The quantitative estimate of drug-likeness (QED) is 0.763. The topological polar surface area (TPSA) is 64.7 Å². The molecule has 3 amide bonds. The summed E-state index contributed by atoms with van der Waals surface area (Å²) in [6.07, 6.45) is 8.24. The van der Waals surface area contributed by atoms with Gasteiger partial charge in [0.1, 0.15) is 0 Å². The molecule has 2 saturated heterocycles. The van der Waals surface area contributed by atoms with E-state index in [0.29, 0.717) is 18.4 Å². The molecule has 2 atom stereocenters. The molecule has 2 N–H and O–H groups in total. The fourth-order valence-electron chi connectivity index (χ4n) is 4.23. The van der Waals surface area contributed by atoms with E-state index in [1.165, 1.54) is 38.6 Å². The highest BCUT2D eigenvalue weighted by Gasteiger charge is 2.35. The van der Waals surface area contributed by atoms with Gasteiger partial charge in [-0.2, -0.15) is 0 Å². The Balaban J connectivity index is 1.18. The summed E-state index contributed by atoms with van der Waals surface area (Å²) in [5.41, 5.74) is 0. The smallest absolute Gasteiger partial charge is 0.317 e. The molecular formula is C19H32N4O2. The highest BCUT2D eigenvalue weighted by molar-refractivity contribution is 5.80. The van der Waals surface area contributed by atoms with Crippen molar-refractivity contribution in [3.8, 4) is 0 Å². The molecule has 0 radical (unpaired) electrons. The van der Waals surface area contributed by atoms with E-state index in [2.05, 4.69) is 15.5 Å². The Morgan fingerprint density at radius 1 is 0.840 bits per heavy atom. The molecule has 4 aliphatic rings. The second-order valence-corrected chi connectivity index (χ2v) is 8.54. The van der Waals surface area contributed by atoms with E-state index in [4.69, 9.17) is 0 Å². The maximum atomic E-state index is 12.5. The average molecular weight is 348 g/mol. The van der Waals surface area contributed by atoms with Crippen LogP contribution in [0.2, 0.25) is 0 Å². The van der Waals surface area contributed by atoms with Crippen LogP contribution in [-0.2, 0) is 4.79 Å². The van der Waals surface area contributed by atoms with E-state index in [0.717, 1.165) is 45.1 Å². The monoisotopic (exact) mass is 348 g/mol. The van der Waals surface area contributed by atoms with Crippen LogP contribution in [0.1, 0.15) is 44.9 Å². The number of carbonyl (C=O) groups excluding carboxylic acids is 2. The summed E-state index contributed by atoms with van der Waals surface area (Å²) in [6.45, 7) is 5.27. The molecule has 2 unspecified atom stereocenters. The van der Waals surface area contributed by atoms with Gasteiger partial charge < -0.3 is 20.4 Å². The van der Waals surface area contributed by atoms with Gasteiger partial charge in [0.15, 0.2) is 0 Å². The predicted octanol–water partition coefficient (Wildman–Crippen LogP) is 1.42. The largest absolute Gasteiger partial charge is 0.356 e. The molecule has 2 aliphatic heterocycles. The number of nitrogens with zero attached hydrogens (tertiary/aromatic N) is 2. The first-order chi connectivity index (χ1) is 12.2. The van der Waals surface area contributed by atoms with Crippen LogP contribution < -0.4 is 10.6 Å². The first-order valence-corrected chi connectivity index (χ1v) is 10.2. The average Bonchev–Trinajstić information content (AvgIpc) is 3.57. The van der Waals surface area contributed by atoms with E-state index in [1.807, 2.05) is 4.90 Å². The van der Waals surface area contributed by atoms with Crippen LogP contribution in [0.25, 0.3) is 0 Å². The van der Waals surface area contributed by atoms with Crippen molar-refractivity contribution in [1.29, 1.82) is 0 Å². The Kier molecular flexibility index (Phi) is 5.15. The van der Waals surface area contributed by atoms with Gasteiger partial charge in [0.05, 0.1) is 5.92 Å². The van der Waals surface area contributed by atoms with Crippen molar-refractivity contribution in [2.24, 2.45) is 17.8 Å². The maximum Gasteiger partial charge on any atom is 0.317 e. The van der Waals surface area contributed by atoms with Gasteiger partial charge in [0.25, 0.3) is 0 Å². The summed E-state index contributed by atoms with van der Waals surface area (Å²) in [7, 11) is 0. The molecule has 4 fully saturated rings. The van der Waals surface area contributed by atoms with Crippen LogP contribution in [0.15, 0.2) is 0 Å². The van der Waals surface area contributed by atoms with E-state index < -0.39 is 0 Å². The lowest BCUT2D eigenvalue weighted by atomic mass is 9.97. The SMILES string of the molecule is O=C(NCC1CC1)C1CCCN(C(=O)NCC2CCN(C3CC3)C2)C1. The third-order valence-electron chi connectivity index (χ3n) is 6.26. The Morgan fingerprint density at radius 3 is 2.40 bits per heavy atom. The van der Waals surface area contributed by atoms with Gasteiger partial charge >= 0.3 is 6.03 Å². The second kappa shape index (κ2) is 7.52. The lowest BCUT2D eigenvalue weighted by molar-refractivity contribution is -0.126. The lowest BCUT2D eigenvalue weighted by Gasteiger charge is -2.32. The summed E-state index contributed by atoms with van der Waals surface area (Å²) in [5.74, 6) is 1.40. The molecule has 0 aromatic heterocycles. The fourth-order valence-corrected chi connectivity index (χ4v) is 4.23. The first kappa shape index (κ1) is 17.1. The molecule has 0 aromatic rings. The van der Waals surface area contributed by atoms with E-state index in [9.17, 15) is 9.59 Å². The fraction of sp³-hybridized carbons (Fsp3) is 0.895. The van der Waals surface area contributed by atoms with Crippen LogP contribution >= 0.6 is 0 Å². The van der Waals surface area contributed by atoms with Crippen LogP contribution in [0.5, 0.6) is 0 Å². The molecule has 2 heterocycles. The van der Waals surface area contributed by atoms with Gasteiger partial charge in [-0.3, -0.25) is 4.79 Å². The van der Waals surface area contributed by atoms with E-state index >= 15 is 0 Å². The minimum Gasteiger partial charge on any atom is -0.356 e. The Morgan fingerprint density at radius 2 is 1.64 bits per heavy atom. The zero-order valence-electron chi connectivity index (χ0n) is 15.2. The number of hydrogen-bond acceptors (Lipinski definition) is 3. The third-order valence-corrected chi connectivity index (χ3v) is 6.26. The van der Waals surface area contributed by atoms with Crippen LogP contribution in [0, 0.1) is 17.8 Å². The molecule has 6 nitrogen and oxygen atoms in total. The molecule has 4 rings (SSSR count). The molecule has 140 valence electrons. The number of amides is 3. The predicted molar refractivity (Wildman–Crippen MR) is 96.1 cm³/mol. The molecule has 6 heteroatoms. The number of urea groups is 1. The van der Waals surface area contributed by atoms with Crippen LogP contribution in [-0.4, -0.2) is 67.0 Å². The summed E-state index contributed by atoms with van der Waals surface area (Å²) in [6, 6.07) is 0.849. The van der Waals surface area contributed by atoms with Crippen molar-refractivity contribution >= 4 is 11.9 Å². The van der Waals surface area contributed by atoms with Crippen molar-refractivity contribution in [3.63, 3.8) is 0 Å².